The molecule has 1 unspecified atom stereocenters. The molecule has 0 radical (unpaired) electrons. The Kier molecular flexibility index (Phi) is 8.95. The van der Waals surface area contributed by atoms with Crippen LogP contribution in [0.3, 0.4) is 0 Å². The van der Waals surface area contributed by atoms with Gasteiger partial charge in [0.15, 0.2) is 14.1 Å². The number of Topliss-reactive ketones (excluding diaryl/α,β-unsaturated/α-hetero) is 1. The summed E-state index contributed by atoms with van der Waals surface area (Å²) in [7, 11) is -1.61. The zero-order valence-electron chi connectivity index (χ0n) is 15.0. The van der Waals surface area contributed by atoms with Crippen molar-refractivity contribution in [3.05, 3.63) is 23.8 Å². The van der Waals surface area contributed by atoms with Crippen LogP contribution < -0.4 is 0 Å². The molecule has 1 aliphatic carbocycles. The molecule has 0 amide bonds. The Morgan fingerprint density at radius 3 is 2.36 bits per heavy atom. The van der Waals surface area contributed by atoms with E-state index in [0.717, 1.165) is 43.0 Å². The number of ketones is 1. The summed E-state index contributed by atoms with van der Waals surface area (Å²) < 4.78 is 6.43. The van der Waals surface area contributed by atoms with Crippen LogP contribution in [0.25, 0.3) is 0 Å². The summed E-state index contributed by atoms with van der Waals surface area (Å²) in [6, 6.07) is 3.44. The molecule has 0 aromatic heterocycles. The number of hydrogen-bond acceptors (Lipinski definition) is 2. The van der Waals surface area contributed by atoms with E-state index < -0.39 is 8.32 Å². The Bertz CT molecular complexity index is 386. The molecule has 0 aliphatic heterocycles. The van der Waals surface area contributed by atoms with Crippen LogP contribution in [-0.2, 0) is 9.22 Å². The Hall–Kier alpha value is -0.673. The van der Waals surface area contributed by atoms with Crippen LogP contribution in [0.2, 0.25) is 18.1 Å². The second-order valence-electron chi connectivity index (χ2n) is 6.37. The van der Waals surface area contributed by atoms with Crippen molar-refractivity contribution in [2.75, 3.05) is 0 Å². The van der Waals surface area contributed by atoms with E-state index in [1.807, 2.05) is 0 Å². The van der Waals surface area contributed by atoms with Crippen molar-refractivity contribution in [1.29, 1.82) is 0 Å². The van der Waals surface area contributed by atoms with Gasteiger partial charge < -0.3 is 4.43 Å². The van der Waals surface area contributed by atoms with Crippen molar-refractivity contribution >= 4 is 14.1 Å². The Morgan fingerprint density at radius 1 is 1.14 bits per heavy atom. The van der Waals surface area contributed by atoms with Crippen molar-refractivity contribution in [1.82, 2.24) is 0 Å². The first-order valence-corrected chi connectivity index (χ1v) is 11.7. The number of carbonyl (C=O) groups is 1. The molecular weight excluding hydrogens is 288 g/mol. The number of rotatable bonds is 11. The number of unbranched alkanes of at least 4 members (excludes halogenated alkanes) is 2. The fourth-order valence-corrected chi connectivity index (χ4v) is 5.90. The molecule has 1 atom stereocenters. The Balaban J connectivity index is 2.48. The molecule has 3 heteroatoms. The van der Waals surface area contributed by atoms with Crippen LogP contribution in [0.15, 0.2) is 23.8 Å². The summed E-state index contributed by atoms with van der Waals surface area (Å²) in [5.74, 6) is 0.304. The molecule has 0 fully saturated rings. The normalized spacial score (nSPS) is 19.2. The monoisotopic (exact) mass is 322 g/mol. The first-order chi connectivity index (χ1) is 10.6. The highest BCUT2D eigenvalue weighted by Crippen LogP contribution is 2.29. The van der Waals surface area contributed by atoms with E-state index in [2.05, 4.69) is 45.9 Å². The zero-order chi connectivity index (χ0) is 16.4. The van der Waals surface area contributed by atoms with Crippen LogP contribution in [0, 0.1) is 0 Å². The second-order valence-corrected chi connectivity index (χ2v) is 11.1. The molecule has 126 valence electrons. The van der Waals surface area contributed by atoms with Crippen molar-refractivity contribution in [2.45, 2.75) is 90.5 Å². The van der Waals surface area contributed by atoms with Gasteiger partial charge in [-0.05, 0) is 49.0 Å². The quantitative estimate of drug-likeness (QED) is 0.273. The molecular formula is C19H34O2Si. The van der Waals surface area contributed by atoms with Gasteiger partial charge in [0.2, 0.25) is 0 Å². The van der Waals surface area contributed by atoms with Crippen LogP contribution in [0.5, 0.6) is 0 Å². The van der Waals surface area contributed by atoms with Crippen LogP contribution in [0.4, 0.5) is 0 Å². The highest BCUT2D eigenvalue weighted by molar-refractivity contribution is 6.73. The predicted molar refractivity (Wildman–Crippen MR) is 97.7 cm³/mol. The zero-order valence-corrected chi connectivity index (χ0v) is 16.0. The predicted octanol–water partition coefficient (Wildman–Crippen LogP) is 5.80. The highest BCUT2D eigenvalue weighted by atomic mass is 28.4. The van der Waals surface area contributed by atoms with Gasteiger partial charge >= 0.3 is 0 Å². The molecule has 2 nitrogen and oxygen atoms in total. The van der Waals surface area contributed by atoms with E-state index in [4.69, 9.17) is 4.43 Å². The van der Waals surface area contributed by atoms with Crippen molar-refractivity contribution < 1.29 is 9.22 Å². The molecule has 0 saturated heterocycles. The summed E-state index contributed by atoms with van der Waals surface area (Å²) in [6.07, 6.45) is 12.7. The third kappa shape index (κ3) is 5.84. The summed E-state index contributed by atoms with van der Waals surface area (Å²) >= 11 is 0. The maximum atomic E-state index is 12.1. The average molecular weight is 323 g/mol. The highest BCUT2D eigenvalue weighted by Gasteiger charge is 2.34. The van der Waals surface area contributed by atoms with Gasteiger partial charge in [-0.1, -0.05) is 52.7 Å². The fraction of sp³-hybridized carbons (Fsp3) is 0.737. The molecule has 22 heavy (non-hydrogen) atoms. The molecule has 0 aromatic rings. The van der Waals surface area contributed by atoms with Crippen LogP contribution >= 0.6 is 0 Å². The first kappa shape index (κ1) is 19.4. The maximum absolute atomic E-state index is 12.1. The molecule has 0 aromatic carbocycles. The lowest BCUT2D eigenvalue weighted by molar-refractivity contribution is -0.115. The van der Waals surface area contributed by atoms with Gasteiger partial charge in [0, 0.05) is 6.42 Å². The van der Waals surface area contributed by atoms with Gasteiger partial charge in [-0.15, -0.1) is 0 Å². The minimum Gasteiger partial charge on any atom is -0.410 e. The summed E-state index contributed by atoms with van der Waals surface area (Å²) in [4.78, 5) is 12.1. The van der Waals surface area contributed by atoms with E-state index in [0.29, 0.717) is 12.2 Å². The number of allylic oxidation sites excluding steroid dienone is 3. The Morgan fingerprint density at radius 2 is 1.77 bits per heavy atom. The van der Waals surface area contributed by atoms with E-state index in [1.54, 1.807) is 0 Å². The van der Waals surface area contributed by atoms with Gasteiger partial charge in [0.05, 0.1) is 6.10 Å². The lowest BCUT2D eigenvalue weighted by Crippen LogP contribution is -2.39. The smallest absolute Gasteiger partial charge is 0.192 e. The molecule has 1 aliphatic rings. The average Bonchev–Trinajstić information content (AvgIpc) is 2.88. The van der Waals surface area contributed by atoms with Crippen molar-refractivity contribution in [2.24, 2.45) is 0 Å². The first-order valence-electron chi connectivity index (χ1n) is 9.17. The van der Waals surface area contributed by atoms with Gasteiger partial charge in [-0.25, -0.2) is 0 Å². The topological polar surface area (TPSA) is 26.3 Å². The van der Waals surface area contributed by atoms with Crippen molar-refractivity contribution in [3.63, 3.8) is 0 Å². The summed E-state index contributed by atoms with van der Waals surface area (Å²) in [5.41, 5.74) is 0.997. The third-order valence-corrected chi connectivity index (χ3v) is 9.61. The van der Waals surface area contributed by atoms with Gasteiger partial charge in [0.25, 0.3) is 0 Å². The van der Waals surface area contributed by atoms with E-state index in [1.165, 1.54) is 12.8 Å². The third-order valence-electron chi connectivity index (χ3n) is 4.94. The largest absolute Gasteiger partial charge is 0.410 e. The maximum Gasteiger partial charge on any atom is 0.192 e. The number of hydrogen-bond donors (Lipinski definition) is 0. The van der Waals surface area contributed by atoms with E-state index in [-0.39, 0.29) is 6.10 Å². The van der Waals surface area contributed by atoms with Crippen LogP contribution in [0.1, 0.15) is 66.2 Å². The lowest BCUT2D eigenvalue weighted by Gasteiger charge is -2.30. The van der Waals surface area contributed by atoms with Gasteiger partial charge in [0.1, 0.15) is 0 Å². The van der Waals surface area contributed by atoms with E-state index in [9.17, 15) is 4.79 Å². The minimum absolute atomic E-state index is 0.0538. The molecule has 1 rings (SSSR count). The Labute approximate surface area is 138 Å². The second kappa shape index (κ2) is 10.2. The standard InChI is InChI=1S/C19H34O2Si/c1-5-9-10-11-12-13-14-17-15-18(16-19(17)20)21-22(6-2,7-3)8-4/h11-12,15,18H,5-10,13-14,16H2,1-4H3. The summed E-state index contributed by atoms with van der Waals surface area (Å²) in [6.45, 7) is 8.92. The molecule has 0 spiro atoms. The molecule has 0 bridgehead atoms. The van der Waals surface area contributed by atoms with Crippen molar-refractivity contribution in [3.8, 4) is 0 Å². The van der Waals surface area contributed by atoms with E-state index >= 15 is 0 Å². The summed E-state index contributed by atoms with van der Waals surface area (Å²) in [5, 5.41) is 0. The minimum atomic E-state index is -1.61. The van der Waals surface area contributed by atoms with Crippen LogP contribution in [-0.4, -0.2) is 20.2 Å². The SMILES string of the molecule is CCCCC=CCCC1=CC(O[Si](CC)(CC)CC)CC1=O. The fourth-order valence-electron chi connectivity index (χ4n) is 3.11. The molecule has 0 heterocycles. The molecule has 0 N–H and O–H groups in total. The molecule has 0 saturated carbocycles. The van der Waals surface area contributed by atoms with Gasteiger partial charge in [-0.2, -0.15) is 0 Å². The van der Waals surface area contributed by atoms with Gasteiger partial charge in [-0.3, -0.25) is 4.79 Å². The lowest BCUT2D eigenvalue weighted by atomic mass is 10.1. The number of carbonyl (C=O) groups excluding carboxylic acids is 1.